The van der Waals surface area contributed by atoms with Gasteiger partial charge in [-0.15, -0.1) is 0 Å². The summed E-state index contributed by atoms with van der Waals surface area (Å²) in [4.78, 5) is 22.6. The Morgan fingerprint density at radius 1 is 1.15 bits per heavy atom. The van der Waals surface area contributed by atoms with Crippen molar-refractivity contribution in [3.05, 3.63) is 29.8 Å². The van der Waals surface area contributed by atoms with Crippen LogP contribution in [0.25, 0.3) is 0 Å². The van der Waals surface area contributed by atoms with Gasteiger partial charge in [-0.2, -0.15) is 0 Å². The molecule has 0 aromatic heterocycles. The summed E-state index contributed by atoms with van der Waals surface area (Å²) in [5, 5.41) is 5.46. The third kappa shape index (κ3) is 5.73. The largest absolute Gasteiger partial charge is 0.444 e. The normalized spacial score (nSPS) is 12.4. The first-order valence-electron chi connectivity index (χ1n) is 6.54. The van der Waals surface area contributed by atoms with E-state index in [4.69, 9.17) is 4.74 Å². The Hall–Kier alpha value is -2.04. The van der Waals surface area contributed by atoms with Crippen molar-refractivity contribution in [3.8, 4) is 0 Å². The first-order valence-corrected chi connectivity index (χ1v) is 6.54. The van der Waals surface area contributed by atoms with E-state index in [0.717, 1.165) is 11.3 Å². The van der Waals surface area contributed by atoms with E-state index in [9.17, 15) is 9.59 Å². The van der Waals surface area contributed by atoms with Gasteiger partial charge in [0.25, 0.3) is 0 Å². The summed E-state index contributed by atoms with van der Waals surface area (Å²) >= 11 is 0. The Labute approximate surface area is 119 Å². The molecular weight excluding hydrogens is 256 g/mol. The van der Waals surface area contributed by atoms with Crippen LogP contribution in [0, 0.1) is 0 Å². The summed E-state index contributed by atoms with van der Waals surface area (Å²) in [6.07, 6.45) is -0.448. The predicted octanol–water partition coefficient (Wildman–Crippen LogP) is 3.23. The molecule has 5 nitrogen and oxygen atoms in total. The van der Waals surface area contributed by atoms with Crippen molar-refractivity contribution in [2.24, 2.45) is 0 Å². The molecule has 0 fully saturated rings. The molecule has 1 aromatic rings. The zero-order valence-corrected chi connectivity index (χ0v) is 12.6. The van der Waals surface area contributed by atoms with Gasteiger partial charge in [-0.25, -0.2) is 4.79 Å². The SMILES string of the molecule is CC(=O)Nc1ccc(C(C)NC(=O)OC(C)(C)C)cc1. The van der Waals surface area contributed by atoms with Gasteiger partial charge in [-0.05, 0) is 45.4 Å². The van der Waals surface area contributed by atoms with Gasteiger partial charge in [-0.1, -0.05) is 12.1 Å². The highest BCUT2D eigenvalue weighted by Crippen LogP contribution is 2.17. The lowest BCUT2D eigenvalue weighted by molar-refractivity contribution is -0.114. The van der Waals surface area contributed by atoms with Crippen LogP contribution in [-0.2, 0) is 9.53 Å². The lowest BCUT2D eigenvalue weighted by Gasteiger charge is -2.22. The molecule has 0 spiro atoms. The fourth-order valence-corrected chi connectivity index (χ4v) is 1.63. The van der Waals surface area contributed by atoms with Gasteiger partial charge in [0, 0.05) is 12.6 Å². The van der Waals surface area contributed by atoms with E-state index in [1.807, 2.05) is 39.8 Å². The number of hydrogen-bond donors (Lipinski definition) is 2. The second-order valence-electron chi connectivity index (χ2n) is 5.67. The lowest BCUT2D eigenvalue weighted by atomic mass is 10.1. The first-order chi connectivity index (χ1) is 9.17. The fraction of sp³-hybridized carbons (Fsp3) is 0.467. The van der Waals surface area contributed by atoms with Crippen LogP contribution in [0.5, 0.6) is 0 Å². The predicted molar refractivity (Wildman–Crippen MR) is 78.5 cm³/mol. The van der Waals surface area contributed by atoms with Gasteiger partial charge in [0.2, 0.25) is 5.91 Å². The van der Waals surface area contributed by atoms with E-state index in [1.165, 1.54) is 6.92 Å². The topological polar surface area (TPSA) is 67.4 Å². The van der Waals surface area contributed by atoms with Crippen molar-refractivity contribution in [1.82, 2.24) is 5.32 Å². The molecule has 20 heavy (non-hydrogen) atoms. The maximum absolute atomic E-state index is 11.7. The van der Waals surface area contributed by atoms with Crippen LogP contribution in [0.15, 0.2) is 24.3 Å². The van der Waals surface area contributed by atoms with Crippen molar-refractivity contribution in [3.63, 3.8) is 0 Å². The van der Waals surface area contributed by atoms with Gasteiger partial charge < -0.3 is 15.4 Å². The number of nitrogens with one attached hydrogen (secondary N) is 2. The summed E-state index contributed by atoms with van der Waals surface area (Å²) < 4.78 is 5.20. The lowest BCUT2D eigenvalue weighted by Crippen LogP contribution is -2.34. The standard InChI is InChI=1S/C15H22N2O3/c1-10(16-14(19)20-15(3,4)5)12-6-8-13(9-7-12)17-11(2)18/h6-10H,1-5H3,(H,16,19)(H,17,18). The Balaban J connectivity index is 2.61. The third-order valence-electron chi connectivity index (χ3n) is 2.46. The van der Waals surface area contributed by atoms with E-state index in [1.54, 1.807) is 12.1 Å². The average molecular weight is 278 g/mol. The molecular formula is C15H22N2O3. The Bertz CT molecular complexity index is 475. The molecule has 1 aromatic carbocycles. The van der Waals surface area contributed by atoms with Crippen LogP contribution in [-0.4, -0.2) is 17.6 Å². The molecule has 0 saturated carbocycles. The number of rotatable bonds is 3. The van der Waals surface area contributed by atoms with E-state index in [-0.39, 0.29) is 11.9 Å². The van der Waals surface area contributed by atoms with E-state index in [0.29, 0.717) is 0 Å². The minimum absolute atomic E-state index is 0.113. The number of anilines is 1. The van der Waals surface area contributed by atoms with E-state index in [2.05, 4.69) is 10.6 Å². The van der Waals surface area contributed by atoms with Gasteiger partial charge in [0.15, 0.2) is 0 Å². The Morgan fingerprint density at radius 2 is 1.70 bits per heavy atom. The highest BCUT2D eigenvalue weighted by atomic mass is 16.6. The minimum Gasteiger partial charge on any atom is -0.444 e. The number of benzene rings is 1. The van der Waals surface area contributed by atoms with Crippen molar-refractivity contribution >= 4 is 17.7 Å². The monoisotopic (exact) mass is 278 g/mol. The van der Waals surface area contributed by atoms with E-state index >= 15 is 0 Å². The van der Waals surface area contributed by atoms with Crippen molar-refractivity contribution in [1.29, 1.82) is 0 Å². The average Bonchev–Trinajstić information content (AvgIpc) is 2.26. The third-order valence-corrected chi connectivity index (χ3v) is 2.46. The van der Waals surface area contributed by atoms with Gasteiger partial charge in [0.05, 0.1) is 6.04 Å². The molecule has 2 amide bonds. The number of hydrogen-bond acceptors (Lipinski definition) is 3. The number of ether oxygens (including phenoxy) is 1. The molecule has 0 aliphatic carbocycles. The molecule has 1 unspecified atom stereocenters. The van der Waals surface area contributed by atoms with Crippen LogP contribution in [0.2, 0.25) is 0 Å². The summed E-state index contributed by atoms with van der Waals surface area (Å²) in [5.41, 5.74) is 1.15. The fourth-order valence-electron chi connectivity index (χ4n) is 1.63. The highest BCUT2D eigenvalue weighted by Gasteiger charge is 2.18. The molecule has 0 radical (unpaired) electrons. The summed E-state index contributed by atoms with van der Waals surface area (Å²) in [5.74, 6) is -0.113. The van der Waals surface area contributed by atoms with Crippen LogP contribution < -0.4 is 10.6 Å². The zero-order chi connectivity index (χ0) is 15.3. The molecule has 0 heterocycles. The highest BCUT2D eigenvalue weighted by molar-refractivity contribution is 5.88. The molecule has 110 valence electrons. The molecule has 0 aliphatic rings. The maximum atomic E-state index is 11.7. The van der Waals surface area contributed by atoms with Crippen molar-refractivity contribution in [2.75, 3.05) is 5.32 Å². The number of carbonyl (C=O) groups is 2. The molecule has 0 saturated heterocycles. The van der Waals surface area contributed by atoms with Gasteiger partial charge >= 0.3 is 6.09 Å². The molecule has 1 atom stereocenters. The number of carbonyl (C=O) groups excluding carboxylic acids is 2. The van der Waals surface area contributed by atoms with E-state index < -0.39 is 11.7 Å². The van der Waals surface area contributed by atoms with Gasteiger partial charge in [-0.3, -0.25) is 4.79 Å². The maximum Gasteiger partial charge on any atom is 0.408 e. The quantitative estimate of drug-likeness (QED) is 0.892. The molecule has 0 aliphatic heterocycles. The Kier molecular flexibility index (Phi) is 5.13. The Morgan fingerprint density at radius 3 is 2.15 bits per heavy atom. The van der Waals surface area contributed by atoms with Gasteiger partial charge in [0.1, 0.15) is 5.60 Å². The first kappa shape index (κ1) is 16.0. The molecule has 1 rings (SSSR count). The molecule has 0 bridgehead atoms. The second-order valence-corrected chi connectivity index (χ2v) is 5.67. The molecule has 2 N–H and O–H groups in total. The minimum atomic E-state index is -0.515. The number of alkyl carbamates (subject to hydrolysis) is 1. The smallest absolute Gasteiger partial charge is 0.408 e. The van der Waals surface area contributed by atoms with Crippen LogP contribution >= 0.6 is 0 Å². The summed E-state index contributed by atoms with van der Waals surface area (Å²) in [7, 11) is 0. The summed E-state index contributed by atoms with van der Waals surface area (Å²) in [6, 6.07) is 7.13. The van der Waals surface area contributed by atoms with Crippen LogP contribution in [0.4, 0.5) is 10.5 Å². The van der Waals surface area contributed by atoms with Crippen LogP contribution in [0.1, 0.15) is 46.2 Å². The summed E-state index contributed by atoms with van der Waals surface area (Å²) in [6.45, 7) is 8.79. The molecule has 5 heteroatoms. The number of amides is 2. The van der Waals surface area contributed by atoms with Crippen LogP contribution in [0.3, 0.4) is 0 Å². The van der Waals surface area contributed by atoms with Crippen molar-refractivity contribution < 1.29 is 14.3 Å². The zero-order valence-electron chi connectivity index (χ0n) is 12.6. The second kappa shape index (κ2) is 6.41. The van der Waals surface area contributed by atoms with Crippen molar-refractivity contribution in [2.45, 2.75) is 46.3 Å².